The van der Waals surface area contributed by atoms with Gasteiger partial charge in [0.05, 0.1) is 27.9 Å². The number of nitrogens with one attached hydrogen (secondary N) is 1. The number of ether oxygens (including phenoxy) is 2. The van der Waals surface area contributed by atoms with E-state index in [9.17, 15) is 9.59 Å². The van der Waals surface area contributed by atoms with Crippen molar-refractivity contribution in [1.82, 2.24) is 14.9 Å². The molecule has 0 saturated carbocycles. The summed E-state index contributed by atoms with van der Waals surface area (Å²) in [4.78, 5) is 38.6. The molecule has 38 heavy (non-hydrogen) atoms. The fourth-order valence-corrected chi connectivity index (χ4v) is 5.79. The summed E-state index contributed by atoms with van der Waals surface area (Å²) in [6.45, 7) is 8.99. The fraction of sp³-hybridized carbons (Fsp3) is 0.379. The van der Waals surface area contributed by atoms with Gasteiger partial charge in [-0.3, -0.25) is 20.0 Å². The zero-order valence-electron chi connectivity index (χ0n) is 22.0. The number of nitrogens with zero attached hydrogens (tertiary/aromatic N) is 3. The van der Waals surface area contributed by atoms with Crippen molar-refractivity contribution >= 4 is 49.5 Å². The minimum absolute atomic E-state index is 0.337. The molecule has 0 saturated heterocycles. The van der Waals surface area contributed by atoms with Crippen LogP contribution >= 0.6 is 11.3 Å². The molecule has 2 aromatic carbocycles. The Morgan fingerprint density at radius 3 is 2.74 bits per heavy atom. The summed E-state index contributed by atoms with van der Waals surface area (Å²) in [7, 11) is 0. The van der Waals surface area contributed by atoms with E-state index in [1.54, 1.807) is 0 Å². The predicted molar refractivity (Wildman–Crippen MR) is 150 cm³/mol. The van der Waals surface area contributed by atoms with Crippen molar-refractivity contribution in [3.05, 3.63) is 59.3 Å². The Hall–Kier alpha value is -3.56. The number of benzene rings is 2. The third kappa shape index (κ3) is 5.35. The van der Waals surface area contributed by atoms with Crippen LogP contribution < -0.4 is 10.1 Å². The monoisotopic (exact) mass is 532 g/mol. The smallest absolute Gasteiger partial charge is 0.340 e. The van der Waals surface area contributed by atoms with E-state index in [0.717, 1.165) is 64.1 Å². The summed E-state index contributed by atoms with van der Waals surface area (Å²) in [5.41, 5.74) is 3.88. The highest BCUT2D eigenvalue weighted by Crippen LogP contribution is 2.31. The number of rotatable bonds is 9. The van der Waals surface area contributed by atoms with Crippen molar-refractivity contribution in [2.45, 2.75) is 52.7 Å². The first-order valence-electron chi connectivity index (χ1n) is 13.2. The van der Waals surface area contributed by atoms with Crippen molar-refractivity contribution in [3.8, 4) is 5.75 Å². The summed E-state index contributed by atoms with van der Waals surface area (Å²) >= 11 is 1.36. The van der Waals surface area contributed by atoms with Gasteiger partial charge in [0.1, 0.15) is 5.75 Å². The second kappa shape index (κ2) is 11.4. The number of amides is 1. The van der Waals surface area contributed by atoms with E-state index in [1.807, 2.05) is 56.3 Å². The summed E-state index contributed by atoms with van der Waals surface area (Å²) in [5, 5.41) is 4.05. The van der Waals surface area contributed by atoms with E-state index in [-0.39, 0.29) is 0 Å². The lowest BCUT2D eigenvalue weighted by Gasteiger charge is -2.29. The summed E-state index contributed by atoms with van der Waals surface area (Å²) in [6, 6.07) is 13.3. The first-order chi connectivity index (χ1) is 18.5. The number of thiazole rings is 1. The number of para-hydroxylation sites is 1. The standard InChI is InChI=1S/C29H32N4O4S/c1-4-14-33-15-13-22-20(17-33)26(19-9-7-8-10-21(19)30-22)28(35)37-24(5-2)27(34)32-29-31-23-12-11-18(36-6-3)16-25(23)38-29/h7-12,16,24H,4-6,13-15,17H2,1-3H3,(H,31,32,34). The van der Waals surface area contributed by atoms with Crippen LogP contribution in [0.3, 0.4) is 0 Å². The zero-order valence-corrected chi connectivity index (χ0v) is 22.8. The van der Waals surface area contributed by atoms with Crippen molar-refractivity contribution in [2.75, 3.05) is 25.0 Å². The summed E-state index contributed by atoms with van der Waals surface area (Å²) < 4.78 is 12.3. The minimum atomic E-state index is -0.952. The largest absolute Gasteiger partial charge is 0.494 e. The van der Waals surface area contributed by atoms with E-state index in [2.05, 4.69) is 22.1 Å². The molecule has 1 N–H and O–H groups in total. The molecule has 0 bridgehead atoms. The Bertz CT molecular complexity index is 1480. The molecular formula is C29H32N4O4S. The number of hydrogen-bond acceptors (Lipinski definition) is 8. The molecule has 8 nitrogen and oxygen atoms in total. The maximum Gasteiger partial charge on any atom is 0.340 e. The van der Waals surface area contributed by atoms with Crippen molar-refractivity contribution < 1.29 is 19.1 Å². The minimum Gasteiger partial charge on any atom is -0.494 e. The molecule has 0 fully saturated rings. The molecule has 1 unspecified atom stereocenters. The molecule has 0 radical (unpaired) electrons. The molecular weight excluding hydrogens is 500 g/mol. The highest BCUT2D eigenvalue weighted by Gasteiger charge is 2.29. The number of fused-ring (bicyclic) bond motifs is 3. The molecule has 1 atom stereocenters. The fourth-order valence-electron chi connectivity index (χ4n) is 4.90. The Morgan fingerprint density at radius 2 is 1.95 bits per heavy atom. The zero-order chi connectivity index (χ0) is 26.6. The second-order valence-corrected chi connectivity index (χ2v) is 10.4. The lowest BCUT2D eigenvalue weighted by molar-refractivity contribution is -0.124. The molecule has 2 aromatic heterocycles. The van der Waals surface area contributed by atoms with Crippen LogP contribution in [0.15, 0.2) is 42.5 Å². The van der Waals surface area contributed by atoms with Gasteiger partial charge < -0.3 is 9.47 Å². The number of carbonyl (C=O) groups is 2. The highest BCUT2D eigenvalue weighted by molar-refractivity contribution is 7.22. The summed E-state index contributed by atoms with van der Waals surface area (Å²) in [6.07, 6.45) is 1.20. The molecule has 1 amide bonds. The van der Waals surface area contributed by atoms with Crippen LogP contribution in [0.4, 0.5) is 5.13 Å². The normalized spacial score (nSPS) is 14.3. The van der Waals surface area contributed by atoms with Crippen LogP contribution in [0.2, 0.25) is 0 Å². The Labute approximate surface area is 226 Å². The number of carbonyl (C=O) groups excluding carboxylic acids is 2. The molecule has 3 heterocycles. The SMILES string of the molecule is CCCN1CCc2nc3ccccc3c(C(=O)OC(CC)C(=O)Nc3nc4ccc(OCC)cc4s3)c2C1. The van der Waals surface area contributed by atoms with Crippen molar-refractivity contribution in [2.24, 2.45) is 0 Å². The van der Waals surface area contributed by atoms with Gasteiger partial charge in [0, 0.05) is 36.2 Å². The maximum absolute atomic E-state index is 13.7. The van der Waals surface area contributed by atoms with Crippen LogP contribution in [-0.4, -0.2) is 52.5 Å². The molecule has 0 spiro atoms. The van der Waals surface area contributed by atoms with Gasteiger partial charge in [0.15, 0.2) is 11.2 Å². The number of esters is 1. The first-order valence-corrected chi connectivity index (χ1v) is 14.0. The van der Waals surface area contributed by atoms with E-state index in [1.165, 1.54) is 11.3 Å². The Kier molecular flexibility index (Phi) is 7.85. The third-order valence-corrected chi connectivity index (χ3v) is 7.62. The van der Waals surface area contributed by atoms with Crippen molar-refractivity contribution in [3.63, 3.8) is 0 Å². The molecule has 4 aromatic rings. The summed E-state index contributed by atoms with van der Waals surface area (Å²) in [5.74, 6) is -0.136. The van der Waals surface area contributed by atoms with Crippen LogP contribution in [-0.2, 0) is 22.5 Å². The third-order valence-electron chi connectivity index (χ3n) is 6.68. The van der Waals surface area contributed by atoms with Gasteiger partial charge in [-0.1, -0.05) is 43.4 Å². The van der Waals surface area contributed by atoms with Crippen LogP contribution in [0.25, 0.3) is 21.1 Å². The maximum atomic E-state index is 13.7. The number of aromatic nitrogens is 2. The van der Waals surface area contributed by atoms with Gasteiger partial charge in [-0.25, -0.2) is 9.78 Å². The molecule has 9 heteroatoms. The van der Waals surface area contributed by atoms with Gasteiger partial charge >= 0.3 is 5.97 Å². The van der Waals surface area contributed by atoms with Crippen LogP contribution in [0, 0.1) is 0 Å². The molecule has 5 rings (SSSR count). The van der Waals surface area contributed by atoms with Gasteiger partial charge in [0.25, 0.3) is 5.91 Å². The molecule has 0 aliphatic carbocycles. The average Bonchev–Trinajstić information content (AvgIpc) is 3.32. The topological polar surface area (TPSA) is 93.7 Å². The predicted octanol–water partition coefficient (Wildman–Crippen LogP) is 5.59. The molecule has 198 valence electrons. The molecule has 1 aliphatic rings. The number of pyridine rings is 1. The lowest BCUT2D eigenvalue weighted by Crippen LogP contribution is -2.35. The second-order valence-electron chi connectivity index (χ2n) is 9.33. The van der Waals surface area contributed by atoms with Crippen LogP contribution in [0.1, 0.15) is 55.2 Å². The average molecular weight is 533 g/mol. The first kappa shape index (κ1) is 26.1. The van der Waals surface area contributed by atoms with Gasteiger partial charge in [-0.05, 0) is 50.6 Å². The van der Waals surface area contributed by atoms with E-state index < -0.39 is 18.0 Å². The van der Waals surface area contributed by atoms with E-state index in [0.29, 0.717) is 30.3 Å². The number of hydrogen-bond donors (Lipinski definition) is 1. The quantitative estimate of drug-likeness (QED) is 0.281. The molecule has 1 aliphatic heterocycles. The Balaban J connectivity index is 1.39. The van der Waals surface area contributed by atoms with Crippen LogP contribution in [0.5, 0.6) is 5.75 Å². The highest BCUT2D eigenvalue weighted by atomic mass is 32.1. The van der Waals surface area contributed by atoms with E-state index >= 15 is 0 Å². The van der Waals surface area contributed by atoms with Gasteiger partial charge in [-0.15, -0.1) is 0 Å². The van der Waals surface area contributed by atoms with Gasteiger partial charge in [0.2, 0.25) is 0 Å². The lowest BCUT2D eigenvalue weighted by atomic mass is 9.95. The Morgan fingerprint density at radius 1 is 1.11 bits per heavy atom. The number of anilines is 1. The van der Waals surface area contributed by atoms with E-state index in [4.69, 9.17) is 14.5 Å². The van der Waals surface area contributed by atoms with Gasteiger partial charge in [-0.2, -0.15) is 0 Å². The van der Waals surface area contributed by atoms with Crippen molar-refractivity contribution in [1.29, 1.82) is 0 Å².